The van der Waals surface area contributed by atoms with Gasteiger partial charge in [-0.1, -0.05) is 182 Å². The van der Waals surface area contributed by atoms with Crippen LogP contribution in [0.4, 0.5) is 14.4 Å². The van der Waals surface area contributed by atoms with Crippen LogP contribution >= 0.6 is 0 Å². The number of carbonyl (C=O) groups excluding carboxylic acids is 3. The van der Waals surface area contributed by atoms with Gasteiger partial charge in [-0.3, -0.25) is 5.32 Å². The predicted octanol–water partition coefficient (Wildman–Crippen LogP) is 5.41. The molecule has 1 heterocycles. The molecule has 16 heteroatoms. The van der Waals surface area contributed by atoms with Crippen LogP contribution in [0.15, 0.2) is 182 Å². The molecule has 0 bridgehead atoms. The fraction of sp³-hybridized carbons (Fsp3) is 0.291. The van der Waals surface area contributed by atoms with Crippen molar-refractivity contribution in [3.63, 3.8) is 0 Å². The molecule has 0 radical (unpaired) electrons. The maximum atomic E-state index is 13.5. The SMILES string of the molecule is O=C(N[C@H]1[C@@H](O[C@H]2[C@H](O)[C@@H](O)[C@H](NC(=O)OCc3ccccc3)C[C@@H]2NC(=O)OCc2ccccc2)O[C@H](CNC(c2ccccc2)(c2ccccc2)c2ccccc2)[C@@H](O)[C@@H]1O)OCc1ccccc1. The first-order valence-corrected chi connectivity index (χ1v) is 23.5. The van der Waals surface area contributed by atoms with Crippen LogP contribution in [0.25, 0.3) is 0 Å². The van der Waals surface area contributed by atoms with Crippen molar-refractivity contribution >= 4 is 18.3 Å². The van der Waals surface area contributed by atoms with Crippen molar-refractivity contribution < 1.29 is 58.5 Å². The minimum Gasteiger partial charge on any atom is -0.445 e. The van der Waals surface area contributed by atoms with Crippen LogP contribution in [0.3, 0.4) is 0 Å². The third-order valence-electron chi connectivity index (χ3n) is 12.7. The second-order valence-corrected chi connectivity index (χ2v) is 17.4. The lowest BCUT2D eigenvalue weighted by Gasteiger charge is -2.48. The average Bonchev–Trinajstić information content (AvgIpc) is 3.41. The number of carbonyl (C=O) groups is 3. The summed E-state index contributed by atoms with van der Waals surface area (Å²) in [6.45, 7) is -0.444. The molecule has 10 atom stereocenters. The Morgan fingerprint density at radius 3 is 1.28 bits per heavy atom. The number of benzene rings is 6. The van der Waals surface area contributed by atoms with Gasteiger partial charge in [0.1, 0.15) is 62.5 Å². The average molecular weight is 967 g/mol. The summed E-state index contributed by atoms with van der Waals surface area (Å²) < 4.78 is 29.6. The molecule has 0 aromatic heterocycles. The molecule has 1 saturated carbocycles. The lowest BCUT2D eigenvalue weighted by molar-refractivity contribution is -0.293. The van der Waals surface area contributed by atoms with Gasteiger partial charge in [-0.05, 0) is 39.8 Å². The van der Waals surface area contributed by atoms with Gasteiger partial charge in [0, 0.05) is 6.54 Å². The first-order chi connectivity index (χ1) is 34.6. The van der Waals surface area contributed by atoms with E-state index in [4.69, 9.17) is 23.7 Å². The monoisotopic (exact) mass is 966 g/mol. The summed E-state index contributed by atoms with van der Waals surface area (Å²) in [5.74, 6) is 0. The van der Waals surface area contributed by atoms with Gasteiger partial charge in [-0.2, -0.15) is 0 Å². The van der Waals surface area contributed by atoms with Crippen LogP contribution in [0, 0.1) is 0 Å². The van der Waals surface area contributed by atoms with Crippen LogP contribution in [0.5, 0.6) is 0 Å². The molecular formula is C55H58N4O12. The Bertz CT molecular complexity index is 2490. The molecule has 2 aliphatic rings. The summed E-state index contributed by atoms with van der Waals surface area (Å²) in [4.78, 5) is 40.2. The van der Waals surface area contributed by atoms with Crippen molar-refractivity contribution in [3.8, 4) is 0 Å². The Balaban J connectivity index is 1.08. The van der Waals surface area contributed by atoms with Crippen LogP contribution < -0.4 is 21.3 Å². The third kappa shape index (κ3) is 12.6. The number of hydrogen-bond acceptors (Lipinski definition) is 13. The number of ether oxygens (including phenoxy) is 5. The molecule has 1 aliphatic carbocycles. The van der Waals surface area contributed by atoms with Gasteiger partial charge in [-0.25, -0.2) is 14.4 Å². The first-order valence-electron chi connectivity index (χ1n) is 23.5. The zero-order chi connectivity index (χ0) is 49.6. The molecule has 2 fully saturated rings. The molecule has 370 valence electrons. The third-order valence-corrected chi connectivity index (χ3v) is 12.7. The van der Waals surface area contributed by atoms with Crippen molar-refractivity contribution in [1.29, 1.82) is 0 Å². The van der Waals surface area contributed by atoms with Gasteiger partial charge in [-0.15, -0.1) is 0 Å². The maximum Gasteiger partial charge on any atom is 0.407 e. The van der Waals surface area contributed by atoms with E-state index in [1.54, 1.807) is 72.8 Å². The normalized spacial score (nSPS) is 24.2. The van der Waals surface area contributed by atoms with E-state index in [2.05, 4.69) is 21.3 Å². The predicted molar refractivity (Wildman–Crippen MR) is 260 cm³/mol. The number of alkyl carbamates (subject to hydrolysis) is 3. The van der Waals surface area contributed by atoms with Crippen LogP contribution in [0.1, 0.15) is 39.8 Å². The van der Waals surface area contributed by atoms with E-state index in [1.165, 1.54) is 0 Å². The van der Waals surface area contributed by atoms with E-state index in [0.717, 1.165) is 16.7 Å². The van der Waals surface area contributed by atoms with Gasteiger partial charge in [0.25, 0.3) is 0 Å². The number of aliphatic hydroxyl groups excluding tert-OH is 4. The summed E-state index contributed by atoms with van der Waals surface area (Å²) in [6.07, 6.45) is -14.5. The summed E-state index contributed by atoms with van der Waals surface area (Å²) in [6, 6.07) is 52.0. The molecule has 16 nitrogen and oxygen atoms in total. The fourth-order valence-electron chi connectivity index (χ4n) is 9.06. The molecule has 8 N–H and O–H groups in total. The lowest BCUT2D eigenvalue weighted by Crippen LogP contribution is -2.70. The highest BCUT2D eigenvalue weighted by molar-refractivity contribution is 5.69. The van der Waals surface area contributed by atoms with E-state index in [0.29, 0.717) is 16.7 Å². The standard InChI is InChI=1S/C55H58N4O12/c60-46-42(57-52(64)67-33-36-19-7-1-8-20-36)31-43(58-53(65)68-34-37-21-9-2-10-22-37)50(49(46)63)71-51-45(59-54(66)69-35-38-23-11-3-12-24-38)48(62)47(61)44(70-51)32-56-55(39-25-13-4-14-26-39,40-27-15-5-16-28-40)41-29-17-6-18-30-41/h1-30,42-51,56,60-63H,31-35H2,(H,57,64)(H,58,65)(H,59,66)/t42-,43+,44-,45-,46+,47-,48-,49-,50-,51-/m1/s1. The van der Waals surface area contributed by atoms with Crippen LogP contribution in [-0.2, 0) is 49.0 Å². The molecule has 6 aromatic rings. The molecule has 1 saturated heterocycles. The van der Waals surface area contributed by atoms with Crippen LogP contribution in [-0.4, -0.2) is 106 Å². The Morgan fingerprint density at radius 2 is 0.859 bits per heavy atom. The van der Waals surface area contributed by atoms with Crippen LogP contribution in [0.2, 0.25) is 0 Å². The molecule has 6 aromatic carbocycles. The fourth-order valence-corrected chi connectivity index (χ4v) is 9.06. The molecule has 1 aliphatic heterocycles. The summed E-state index contributed by atoms with van der Waals surface area (Å²) in [7, 11) is 0. The van der Waals surface area contributed by atoms with Crippen molar-refractivity contribution in [2.45, 2.75) is 92.8 Å². The smallest absolute Gasteiger partial charge is 0.407 e. The molecule has 71 heavy (non-hydrogen) atoms. The highest BCUT2D eigenvalue weighted by Crippen LogP contribution is 2.38. The van der Waals surface area contributed by atoms with E-state index in [9.17, 15) is 34.8 Å². The quantitative estimate of drug-likeness (QED) is 0.0424. The topological polar surface area (TPSA) is 226 Å². The largest absolute Gasteiger partial charge is 0.445 e. The zero-order valence-corrected chi connectivity index (χ0v) is 38.7. The van der Waals surface area contributed by atoms with Gasteiger partial charge >= 0.3 is 18.3 Å². The summed E-state index contributed by atoms with van der Waals surface area (Å²) in [5, 5.41) is 59.1. The van der Waals surface area contributed by atoms with Crippen molar-refractivity contribution in [1.82, 2.24) is 21.3 Å². The second kappa shape index (κ2) is 24.1. The highest BCUT2D eigenvalue weighted by Gasteiger charge is 2.52. The summed E-state index contributed by atoms with van der Waals surface area (Å²) in [5.41, 5.74) is 3.63. The second-order valence-electron chi connectivity index (χ2n) is 17.4. The van der Waals surface area contributed by atoms with Crippen molar-refractivity contribution in [2.75, 3.05) is 6.54 Å². The molecule has 0 unspecified atom stereocenters. The van der Waals surface area contributed by atoms with Gasteiger partial charge < -0.3 is 60.1 Å². The molecular weight excluding hydrogens is 909 g/mol. The maximum absolute atomic E-state index is 13.5. The molecule has 3 amide bonds. The minimum atomic E-state index is -1.85. The highest BCUT2D eigenvalue weighted by atomic mass is 16.7. The number of aliphatic hydroxyl groups is 4. The first kappa shape index (κ1) is 50.2. The van der Waals surface area contributed by atoms with Crippen molar-refractivity contribution in [2.24, 2.45) is 0 Å². The number of rotatable bonds is 17. The molecule has 8 rings (SSSR count). The Kier molecular flexibility index (Phi) is 17.1. The van der Waals surface area contributed by atoms with Gasteiger partial charge in [0.15, 0.2) is 6.29 Å². The Hall–Kier alpha value is -7.15. The van der Waals surface area contributed by atoms with Gasteiger partial charge in [0.2, 0.25) is 0 Å². The van der Waals surface area contributed by atoms with E-state index in [-0.39, 0.29) is 32.8 Å². The zero-order valence-electron chi connectivity index (χ0n) is 38.7. The summed E-state index contributed by atoms with van der Waals surface area (Å²) >= 11 is 0. The molecule has 0 spiro atoms. The number of hydrogen-bond donors (Lipinski definition) is 8. The minimum absolute atomic E-state index is 0.0776. The lowest BCUT2D eigenvalue weighted by atomic mass is 9.76. The Morgan fingerprint density at radius 1 is 0.479 bits per heavy atom. The van der Waals surface area contributed by atoms with Gasteiger partial charge in [0.05, 0.1) is 17.6 Å². The van der Waals surface area contributed by atoms with E-state index < -0.39 is 84.9 Å². The van der Waals surface area contributed by atoms with E-state index in [1.807, 2.05) is 109 Å². The number of nitrogens with one attached hydrogen (secondary N) is 4. The van der Waals surface area contributed by atoms with Crippen molar-refractivity contribution in [3.05, 3.63) is 215 Å². The Labute approximate surface area is 411 Å². The number of amides is 3. The van der Waals surface area contributed by atoms with E-state index >= 15 is 0 Å².